The molecule has 0 bridgehead atoms. The molecule has 2 nitrogen and oxygen atoms in total. The van der Waals surface area contributed by atoms with Crippen molar-refractivity contribution in [1.82, 2.24) is 5.32 Å². The van der Waals surface area contributed by atoms with Crippen LogP contribution in [0.25, 0.3) is 10.8 Å². The number of hydrogen-bond donors (Lipinski definition) is 1. The first-order valence-corrected chi connectivity index (χ1v) is 8.13. The lowest BCUT2D eigenvalue weighted by molar-refractivity contribution is 0.375. The van der Waals surface area contributed by atoms with Gasteiger partial charge < -0.3 is 10.1 Å². The molecule has 21 heavy (non-hydrogen) atoms. The highest BCUT2D eigenvalue weighted by molar-refractivity contribution is 5.84. The maximum Gasteiger partial charge on any atom is 0.119 e. The Balaban J connectivity index is 1.93. The summed E-state index contributed by atoms with van der Waals surface area (Å²) in [6.07, 6.45) is 5.49. The summed E-state index contributed by atoms with van der Waals surface area (Å²) in [6.45, 7) is 3.23. The number of benzene rings is 2. The zero-order valence-electron chi connectivity index (χ0n) is 13.1. The van der Waals surface area contributed by atoms with E-state index in [0.29, 0.717) is 6.04 Å². The third-order valence-electron chi connectivity index (χ3n) is 4.73. The van der Waals surface area contributed by atoms with Gasteiger partial charge >= 0.3 is 0 Å². The SMILES string of the molecule is CCNC(c1ccc2cc(OC)ccc2c1)C1CCCC1. The molecular formula is C19H25NO. The Labute approximate surface area is 127 Å². The second-order valence-electron chi connectivity index (χ2n) is 6.05. The van der Waals surface area contributed by atoms with Crippen molar-refractivity contribution >= 4 is 10.8 Å². The van der Waals surface area contributed by atoms with Crippen LogP contribution in [-0.2, 0) is 0 Å². The summed E-state index contributed by atoms with van der Waals surface area (Å²) in [5.41, 5.74) is 1.43. The van der Waals surface area contributed by atoms with E-state index in [4.69, 9.17) is 4.74 Å². The quantitative estimate of drug-likeness (QED) is 0.859. The van der Waals surface area contributed by atoms with Crippen LogP contribution >= 0.6 is 0 Å². The maximum atomic E-state index is 5.31. The van der Waals surface area contributed by atoms with Crippen LogP contribution in [0.5, 0.6) is 5.75 Å². The minimum atomic E-state index is 0.504. The Kier molecular flexibility index (Phi) is 4.45. The van der Waals surface area contributed by atoms with Crippen molar-refractivity contribution in [2.45, 2.75) is 38.6 Å². The summed E-state index contributed by atoms with van der Waals surface area (Å²) in [4.78, 5) is 0. The Morgan fingerprint density at radius 1 is 1.10 bits per heavy atom. The number of hydrogen-bond acceptors (Lipinski definition) is 2. The summed E-state index contributed by atoms with van der Waals surface area (Å²) < 4.78 is 5.31. The van der Waals surface area contributed by atoms with Gasteiger partial charge in [0.25, 0.3) is 0 Å². The van der Waals surface area contributed by atoms with Crippen molar-refractivity contribution in [3.63, 3.8) is 0 Å². The highest BCUT2D eigenvalue weighted by Crippen LogP contribution is 2.36. The smallest absolute Gasteiger partial charge is 0.119 e. The zero-order valence-corrected chi connectivity index (χ0v) is 13.1. The molecule has 0 aliphatic heterocycles. The van der Waals surface area contributed by atoms with Gasteiger partial charge in [0.2, 0.25) is 0 Å². The third-order valence-corrected chi connectivity index (χ3v) is 4.73. The number of nitrogens with one attached hydrogen (secondary N) is 1. The Morgan fingerprint density at radius 3 is 2.52 bits per heavy atom. The molecule has 1 aliphatic rings. The molecule has 1 N–H and O–H groups in total. The molecule has 0 saturated heterocycles. The molecular weight excluding hydrogens is 258 g/mol. The minimum Gasteiger partial charge on any atom is -0.497 e. The highest BCUT2D eigenvalue weighted by atomic mass is 16.5. The Bertz CT molecular complexity index is 602. The van der Waals surface area contributed by atoms with Crippen molar-refractivity contribution in [2.75, 3.05) is 13.7 Å². The molecule has 1 saturated carbocycles. The fourth-order valence-corrected chi connectivity index (χ4v) is 3.63. The van der Waals surface area contributed by atoms with Crippen LogP contribution in [0.2, 0.25) is 0 Å². The lowest BCUT2D eigenvalue weighted by Gasteiger charge is -2.25. The molecule has 2 aromatic rings. The highest BCUT2D eigenvalue weighted by Gasteiger charge is 2.25. The molecule has 2 heteroatoms. The lowest BCUT2D eigenvalue weighted by Crippen LogP contribution is -2.26. The van der Waals surface area contributed by atoms with Crippen molar-refractivity contribution in [2.24, 2.45) is 5.92 Å². The van der Waals surface area contributed by atoms with Crippen LogP contribution in [0, 0.1) is 5.92 Å². The molecule has 0 spiro atoms. The molecule has 1 atom stereocenters. The zero-order chi connectivity index (χ0) is 14.7. The molecule has 0 heterocycles. The maximum absolute atomic E-state index is 5.31. The van der Waals surface area contributed by atoms with E-state index in [-0.39, 0.29) is 0 Å². The van der Waals surface area contributed by atoms with Crippen LogP contribution < -0.4 is 10.1 Å². The Morgan fingerprint density at radius 2 is 1.81 bits per heavy atom. The van der Waals surface area contributed by atoms with Gasteiger partial charge in [0.05, 0.1) is 7.11 Å². The van der Waals surface area contributed by atoms with E-state index >= 15 is 0 Å². The van der Waals surface area contributed by atoms with E-state index in [1.165, 1.54) is 42.0 Å². The molecule has 1 unspecified atom stereocenters. The van der Waals surface area contributed by atoms with Gasteiger partial charge in [0.15, 0.2) is 0 Å². The minimum absolute atomic E-state index is 0.504. The second-order valence-corrected chi connectivity index (χ2v) is 6.05. The van der Waals surface area contributed by atoms with E-state index < -0.39 is 0 Å². The van der Waals surface area contributed by atoms with Gasteiger partial charge in [0.1, 0.15) is 5.75 Å². The average Bonchev–Trinajstić information content (AvgIpc) is 3.05. The first-order chi connectivity index (χ1) is 10.3. The normalized spacial score (nSPS) is 17.2. The van der Waals surface area contributed by atoms with Crippen molar-refractivity contribution in [3.05, 3.63) is 42.0 Å². The second kappa shape index (κ2) is 6.48. The van der Waals surface area contributed by atoms with Gasteiger partial charge in [-0.3, -0.25) is 0 Å². The fraction of sp³-hybridized carbons (Fsp3) is 0.474. The predicted molar refractivity (Wildman–Crippen MR) is 88.9 cm³/mol. The topological polar surface area (TPSA) is 21.3 Å². The molecule has 0 amide bonds. The van der Waals surface area contributed by atoms with Crippen LogP contribution in [0.3, 0.4) is 0 Å². The monoisotopic (exact) mass is 283 g/mol. The average molecular weight is 283 g/mol. The van der Waals surface area contributed by atoms with Crippen LogP contribution in [0.15, 0.2) is 36.4 Å². The van der Waals surface area contributed by atoms with E-state index in [0.717, 1.165) is 18.2 Å². The van der Waals surface area contributed by atoms with Gasteiger partial charge in [-0.05, 0) is 59.8 Å². The molecule has 1 aliphatic carbocycles. The number of ether oxygens (including phenoxy) is 1. The van der Waals surface area contributed by atoms with Gasteiger partial charge in [-0.25, -0.2) is 0 Å². The van der Waals surface area contributed by atoms with Gasteiger partial charge in [-0.1, -0.05) is 38.0 Å². The van der Waals surface area contributed by atoms with Crippen molar-refractivity contribution < 1.29 is 4.74 Å². The molecule has 112 valence electrons. The van der Waals surface area contributed by atoms with Crippen molar-refractivity contribution in [1.29, 1.82) is 0 Å². The van der Waals surface area contributed by atoms with E-state index in [9.17, 15) is 0 Å². The number of methoxy groups -OCH3 is 1. The van der Waals surface area contributed by atoms with Crippen LogP contribution in [0.1, 0.15) is 44.2 Å². The van der Waals surface area contributed by atoms with Crippen LogP contribution in [0.4, 0.5) is 0 Å². The number of fused-ring (bicyclic) bond motifs is 1. The largest absolute Gasteiger partial charge is 0.497 e. The van der Waals surface area contributed by atoms with Crippen molar-refractivity contribution in [3.8, 4) is 5.75 Å². The molecule has 0 radical (unpaired) electrons. The summed E-state index contributed by atoms with van der Waals surface area (Å²) >= 11 is 0. The van der Waals surface area contributed by atoms with E-state index in [1.54, 1.807) is 7.11 Å². The molecule has 3 rings (SSSR count). The summed E-state index contributed by atoms with van der Waals surface area (Å²) in [7, 11) is 1.72. The third kappa shape index (κ3) is 3.06. The van der Waals surface area contributed by atoms with Gasteiger partial charge in [0, 0.05) is 6.04 Å². The van der Waals surface area contributed by atoms with Gasteiger partial charge in [-0.2, -0.15) is 0 Å². The summed E-state index contributed by atoms with van der Waals surface area (Å²) in [5, 5.41) is 6.25. The van der Waals surface area contributed by atoms with Gasteiger partial charge in [-0.15, -0.1) is 0 Å². The lowest BCUT2D eigenvalue weighted by atomic mass is 9.90. The first kappa shape index (κ1) is 14.4. The Hall–Kier alpha value is -1.54. The van der Waals surface area contributed by atoms with Crippen LogP contribution in [-0.4, -0.2) is 13.7 Å². The fourth-order valence-electron chi connectivity index (χ4n) is 3.63. The standard InChI is InChI=1S/C19H25NO/c1-3-20-19(14-6-4-5-7-14)17-9-8-16-13-18(21-2)11-10-15(16)12-17/h8-14,19-20H,3-7H2,1-2H3. The van der Waals surface area contributed by atoms with E-state index in [2.05, 4.69) is 42.6 Å². The first-order valence-electron chi connectivity index (χ1n) is 8.13. The molecule has 1 fully saturated rings. The summed E-state index contributed by atoms with van der Waals surface area (Å²) in [5.74, 6) is 1.72. The number of rotatable bonds is 5. The van der Waals surface area contributed by atoms with E-state index in [1.807, 2.05) is 6.07 Å². The molecule has 2 aromatic carbocycles. The predicted octanol–water partition coefficient (Wildman–Crippen LogP) is 4.69. The molecule has 0 aromatic heterocycles. The summed E-state index contributed by atoms with van der Waals surface area (Å²) in [6, 6.07) is 13.7.